The number of benzene rings is 2. The third-order valence-corrected chi connectivity index (χ3v) is 5.81. The summed E-state index contributed by atoms with van der Waals surface area (Å²) in [6.45, 7) is 5.70. The van der Waals surface area contributed by atoms with Crippen molar-refractivity contribution >= 4 is 17.5 Å². The first-order valence-electron chi connectivity index (χ1n) is 10.4. The average Bonchev–Trinajstić information content (AvgIpc) is 3.15. The van der Waals surface area contributed by atoms with Gasteiger partial charge in [-0.05, 0) is 42.8 Å². The number of ether oxygens (including phenoxy) is 1. The van der Waals surface area contributed by atoms with Crippen molar-refractivity contribution in [2.75, 3.05) is 33.3 Å². The molecule has 1 saturated heterocycles. The molecule has 1 amide bonds. The van der Waals surface area contributed by atoms with E-state index in [1.165, 1.54) is 0 Å². The Morgan fingerprint density at radius 2 is 1.87 bits per heavy atom. The predicted octanol–water partition coefficient (Wildman–Crippen LogP) is 4.20. The summed E-state index contributed by atoms with van der Waals surface area (Å²) in [4.78, 5) is 21.6. The molecule has 31 heavy (non-hydrogen) atoms. The van der Waals surface area contributed by atoms with E-state index < -0.39 is 0 Å². The monoisotopic (exact) mass is 439 g/mol. The number of aryl methyl sites for hydroxylation is 1. The lowest BCUT2D eigenvalue weighted by atomic mass is 10.1. The summed E-state index contributed by atoms with van der Waals surface area (Å²) in [5.41, 5.74) is 2.80. The number of nitrogens with zero attached hydrogens (tertiary/aromatic N) is 3. The molecule has 1 fully saturated rings. The van der Waals surface area contributed by atoms with Gasteiger partial charge in [0.05, 0.1) is 19.2 Å². The molecule has 0 aliphatic carbocycles. The molecule has 1 aliphatic rings. The van der Waals surface area contributed by atoms with Crippen LogP contribution in [-0.4, -0.2) is 54.0 Å². The van der Waals surface area contributed by atoms with E-state index >= 15 is 0 Å². The first kappa shape index (κ1) is 21.4. The van der Waals surface area contributed by atoms with Crippen LogP contribution in [0.4, 0.5) is 0 Å². The van der Waals surface area contributed by atoms with Crippen LogP contribution in [-0.2, 0) is 17.8 Å². The molecule has 3 aromatic rings. The van der Waals surface area contributed by atoms with Crippen LogP contribution >= 0.6 is 11.6 Å². The molecule has 6 nitrogen and oxygen atoms in total. The van der Waals surface area contributed by atoms with Crippen LogP contribution in [0.15, 0.2) is 52.9 Å². The number of carbonyl (C=O) groups excluding carboxylic acids is 1. The minimum absolute atomic E-state index is 0.158. The van der Waals surface area contributed by atoms with Gasteiger partial charge in [0.2, 0.25) is 11.8 Å². The zero-order valence-electron chi connectivity index (χ0n) is 17.8. The van der Waals surface area contributed by atoms with Crippen molar-refractivity contribution in [3.8, 4) is 17.2 Å². The maximum Gasteiger partial charge on any atom is 0.227 e. The smallest absolute Gasteiger partial charge is 0.227 e. The summed E-state index contributed by atoms with van der Waals surface area (Å²) in [5, 5.41) is 0.658. The van der Waals surface area contributed by atoms with Crippen LogP contribution in [0.3, 0.4) is 0 Å². The van der Waals surface area contributed by atoms with Crippen LogP contribution in [0.5, 0.6) is 5.75 Å². The van der Waals surface area contributed by atoms with Crippen molar-refractivity contribution in [2.24, 2.45) is 0 Å². The molecular formula is C24H26ClN3O3. The molecule has 4 rings (SSSR count). The zero-order valence-corrected chi connectivity index (χ0v) is 18.6. The third kappa shape index (κ3) is 5.27. The minimum Gasteiger partial charge on any atom is -0.497 e. The van der Waals surface area contributed by atoms with E-state index in [0.717, 1.165) is 41.4 Å². The molecule has 0 N–H and O–H groups in total. The Morgan fingerprint density at radius 3 is 2.55 bits per heavy atom. The number of oxazole rings is 1. The zero-order chi connectivity index (χ0) is 21.8. The topological polar surface area (TPSA) is 58.8 Å². The van der Waals surface area contributed by atoms with E-state index in [9.17, 15) is 4.79 Å². The number of methoxy groups -OCH3 is 1. The number of amides is 1. The highest BCUT2D eigenvalue weighted by Gasteiger charge is 2.23. The molecule has 7 heteroatoms. The average molecular weight is 440 g/mol. The number of piperazine rings is 1. The normalized spacial score (nSPS) is 14.6. The minimum atomic E-state index is 0.158. The molecule has 0 saturated carbocycles. The molecular weight excluding hydrogens is 414 g/mol. The summed E-state index contributed by atoms with van der Waals surface area (Å²) in [6.07, 6.45) is 0.412. The highest BCUT2D eigenvalue weighted by Crippen LogP contribution is 2.25. The quantitative estimate of drug-likeness (QED) is 0.576. The van der Waals surface area contributed by atoms with Crippen molar-refractivity contribution in [3.05, 3.63) is 70.6 Å². The number of hydrogen-bond donors (Lipinski definition) is 0. The van der Waals surface area contributed by atoms with Gasteiger partial charge in [0, 0.05) is 43.3 Å². The Morgan fingerprint density at radius 1 is 1.13 bits per heavy atom. The fourth-order valence-electron chi connectivity index (χ4n) is 3.72. The van der Waals surface area contributed by atoms with Crippen molar-refractivity contribution in [2.45, 2.75) is 19.9 Å². The third-order valence-electron chi connectivity index (χ3n) is 5.58. The van der Waals surface area contributed by atoms with Crippen molar-refractivity contribution in [1.29, 1.82) is 0 Å². The summed E-state index contributed by atoms with van der Waals surface area (Å²) < 4.78 is 11.0. The lowest BCUT2D eigenvalue weighted by Crippen LogP contribution is -2.48. The summed E-state index contributed by atoms with van der Waals surface area (Å²) in [5.74, 6) is 2.36. The second-order valence-corrected chi connectivity index (χ2v) is 8.15. The van der Waals surface area contributed by atoms with Gasteiger partial charge in [0.15, 0.2) is 0 Å². The standard InChI is InChI=1S/C24H26ClN3O3/c1-17-22(26-24(31-17)19-4-3-5-20(25)15-19)16-27-10-12-28(13-11-27)23(29)14-18-6-8-21(30-2)9-7-18/h3-9,15H,10-14,16H2,1-2H3. The summed E-state index contributed by atoms with van der Waals surface area (Å²) in [6, 6.07) is 15.2. The molecule has 0 spiro atoms. The largest absolute Gasteiger partial charge is 0.497 e. The van der Waals surface area contributed by atoms with E-state index in [1.54, 1.807) is 7.11 Å². The van der Waals surface area contributed by atoms with Crippen molar-refractivity contribution < 1.29 is 13.9 Å². The highest BCUT2D eigenvalue weighted by atomic mass is 35.5. The van der Waals surface area contributed by atoms with Crippen LogP contribution in [0.2, 0.25) is 5.02 Å². The molecule has 2 heterocycles. The van der Waals surface area contributed by atoms with E-state index in [1.807, 2.05) is 60.4 Å². The van der Waals surface area contributed by atoms with Crippen molar-refractivity contribution in [3.63, 3.8) is 0 Å². The van der Waals surface area contributed by atoms with E-state index in [4.69, 9.17) is 20.8 Å². The van der Waals surface area contributed by atoms with Gasteiger partial charge < -0.3 is 14.1 Å². The van der Waals surface area contributed by atoms with Gasteiger partial charge in [-0.1, -0.05) is 29.8 Å². The first-order chi connectivity index (χ1) is 15.0. The molecule has 0 radical (unpaired) electrons. The number of hydrogen-bond acceptors (Lipinski definition) is 5. The number of halogens is 1. The van der Waals surface area contributed by atoms with Crippen LogP contribution in [0.1, 0.15) is 17.0 Å². The van der Waals surface area contributed by atoms with Gasteiger partial charge in [-0.25, -0.2) is 4.98 Å². The Labute approximate surface area is 187 Å². The Bertz CT molecular complexity index is 1040. The van der Waals surface area contributed by atoms with Gasteiger partial charge in [-0.3, -0.25) is 9.69 Å². The summed E-state index contributed by atoms with van der Waals surface area (Å²) in [7, 11) is 1.64. The molecule has 0 bridgehead atoms. The fourth-order valence-corrected chi connectivity index (χ4v) is 3.91. The Hall–Kier alpha value is -2.83. The van der Waals surface area contributed by atoms with Crippen LogP contribution in [0.25, 0.3) is 11.5 Å². The molecule has 162 valence electrons. The second kappa shape index (κ2) is 9.54. The van der Waals surface area contributed by atoms with Gasteiger partial charge in [-0.15, -0.1) is 0 Å². The Balaban J connectivity index is 1.31. The van der Waals surface area contributed by atoms with Gasteiger partial charge in [0.25, 0.3) is 0 Å². The molecule has 1 aliphatic heterocycles. The van der Waals surface area contributed by atoms with Gasteiger partial charge >= 0.3 is 0 Å². The van der Waals surface area contributed by atoms with E-state index in [2.05, 4.69) is 9.88 Å². The molecule has 0 atom stereocenters. The number of carbonyl (C=O) groups is 1. The fraction of sp³-hybridized carbons (Fsp3) is 0.333. The lowest BCUT2D eigenvalue weighted by molar-refractivity contribution is -0.132. The summed E-state index contributed by atoms with van der Waals surface area (Å²) >= 11 is 6.09. The maximum absolute atomic E-state index is 12.7. The predicted molar refractivity (Wildman–Crippen MR) is 120 cm³/mol. The van der Waals surface area contributed by atoms with E-state index in [0.29, 0.717) is 37.0 Å². The van der Waals surface area contributed by atoms with E-state index in [-0.39, 0.29) is 5.91 Å². The first-order valence-corrected chi connectivity index (χ1v) is 10.7. The van der Waals surface area contributed by atoms with Crippen molar-refractivity contribution in [1.82, 2.24) is 14.8 Å². The lowest BCUT2D eigenvalue weighted by Gasteiger charge is -2.34. The van der Waals surface area contributed by atoms with Gasteiger partial charge in [-0.2, -0.15) is 0 Å². The molecule has 1 aromatic heterocycles. The highest BCUT2D eigenvalue weighted by molar-refractivity contribution is 6.30. The van der Waals surface area contributed by atoms with Gasteiger partial charge in [0.1, 0.15) is 11.5 Å². The number of aromatic nitrogens is 1. The maximum atomic E-state index is 12.7. The number of rotatable bonds is 6. The molecule has 2 aromatic carbocycles. The van der Waals surface area contributed by atoms with Crippen LogP contribution < -0.4 is 4.74 Å². The second-order valence-electron chi connectivity index (χ2n) is 7.71. The molecule has 0 unspecified atom stereocenters. The SMILES string of the molecule is COc1ccc(CC(=O)N2CCN(Cc3nc(-c4cccc(Cl)c4)oc3C)CC2)cc1. The van der Waals surface area contributed by atoms with Crippen LogP contribution in [0, 0.1) is 6.92 Å². The Kier molecular flexibility index (Phi) is 6.59.